The zero-order chi connectivity index (χ0) is 16.8. The summed E-state index contributed by atoms with van der Waals surface area (Å²) in [5, 5.41) is 4.52. The Hall–Kier alpha value is -1.81. The number of benzene rings is 1. The van der Waals surface area contributed by atoms with Gasteiger partial charge in [-0.05, 0) is 47.9 Å². The number of hydrogen-bond donors (Lipinski definition) is 1. The van der Waals surface area contributed by atoms with Crippen LogP contribution in [-0.4, -0.2) is 37.0 Å². The van der Waals surface area contributed by atoms with Gasteiger partial charge in [0.05, 0.1) is 12.7 Å². The van der Waals surface area contributed by atoms with Gasteiger partial charge in [-0.2, -0.15) is 0 Å². The molecule has 4 nitrogen and oxygen atoms in total. The van der Waals surface area contributed by atoms with Gasteiger partial charge < -0.3 is 14.6 Å². The van der Waals surface area contributed by atoms with Crippen LogP contribution in [0.15, 0.2) is 22.8 Å². The number of hydrogen-bond acceptors (Lipinski definition) is 3. The molecule has 0 aliphatic carbocycles. The topological polar surface area (TPSA) is 45.5 Å². The van der Waals surface area contributed by atoms with Gasteiger partial charge in [-0.1, -0.05) is 13.8 Å². The SMILES string of the molecule is Cc1cc2occ(CC(=O)N3C[C@H]4CNC[C@H]4C3)c2cc1C(C)C. The summed E-state index contributed by atoms with van der Waals surface area (Å²) < 4.78 is 5.72. The molecule has 1 aromatic carbocycles. The van der Waals surface area contributed by atoms with Crippen molar-refractivity contribution in [1.82, 2.24) is 10.2 Å². The highest BCUT2D eigenvalue weighted by Crippen LogP contribution is 2.31. The number of nitrogens with zero attached hydrogens (tertiary/aromatic N) is 1. The van der Waals surface area contributed by atoms with Crippen molar-refractivity contribution in [3.63, 3.8) is 0 Å². The average Bonchev–Trinajstić information content (AvgIpc) is 3.20. The number of nitrogens with one attached hydrogen (secondary N) is 1. The zero-order valence-corrected chi connectivity index (χ0v) is 14.8. The summed E-state index contributed by atoms with van der Waals surface area (Å²) in [5.74, 6) is 1.99. The van der Waals surface area contributed by atoms with E-state index in [9.17, 15) is 4.79 Å². The largest absolute Gasteiger partial charge is 0.464 e. The molecule has 2 saturated heterocycles. The fourth-order valence-electron chi connectivity index (χ4n) is 4.34. The molecule has 0 radical (unpaired) electrons. The molecule has 0 unspecified atom stereocenters. The van der Waals surface area contributed by atoms with Crippen molar-refractivity contribution in [2.45, 2.75) is 33.1 Å². The van der Waals surface area contributed by atoms with Crippen molar-refractivity contribution in [2.75, 3.05) is 26.2 Å². The second-order valence-corrected chi connectivity index (χ2v) is 7.77. The molecule has 128 valence electrons. The second kappa shape index (κ2) is 5.92. The number of fused-ring (bicyclic) bond motifs is 2. The Morgan fingerprint density at radius 3 is 2.67 bits per heavy atom. The van der Waals surface area contributed by atoms with Crippen LogP contribution >= 0.6 is 0 Å². The number of rotatable bonds is 3. The minimum absolute atomic E-state index is 0.235. The van der Waals surface area contributed by atoms with E-state index in [4.69, 9.17) is 4.42 Å². The predicted octanol–water partition coefficient (Wildman–Crippen LogP) is 3.08. The van der Waals surface area contributed by atoms with Gasteiger partial charge in [0.2, 0.25) is 5.91 Å². The number of aryl methyl sites for hydroxylation is 1. The van der Waals surface area contributed by atoms with Crippen LogP contribution in [0.3, 0.4) is 0 Å². The molecule has 2 atom stereocenters. The van der Waals surface area contributed by atoms with Gasteiger partial charge in [0.1, 0.15) is 5.58 Å². The first-order valence-electron chi connectivity index (χ1n) is 9.02. The Balaban J connectivity index is 1.56. The van der Waals surface area contributed by atoms with Crippen molar-refractivity contribution in [2.24, 2.45) is 11.8 Å². The van der Waals surface area contributed by atoms with E-state index in [1.54, 1.807) is 6.26 Å². The first-order chi connectivity index (χ1) is 11.5. The minimum atomic E-state index is 0.235. The summed E-state index contributed by atoms with van der Waals surface area (Å²) in [6.45, 7) is 10.5. The molecule has 2 aliphatic heterocycles. The summed E-state index contributed by atoms with van der Waals surface area (Å²) in [4.78, 5) is 14.8. The lowest BCUT2D eigenvalue weighted by atomic mass is 9.95. The second-order valence-electron chi connectivity index (χ2n) is 7.77. The van der Waals surface area contributed by atoms with E-state index in [1.165, 1.54) is 11.1 Å². The van der Waals surface area contributed by atoms with E-state index in [2.05, 4.69) is 38.2 Å². The summed E-state index contributed by atoms with van der Waals surface area (Å²) in [5.41, 5.74) is 4.50. The first-order valence-corrected chi connectivity index (χ1v) is 9.02. The molecule has 2 aromatic rings. The molecule has 2 fully saturated rings. The molecule has 0 saturated carbocycles. The van der Waals surface area contributed by atoms with Crippen molar-refractivity contribution in [3.05, 3.63) is 35.1 Å². The van der Waals surface area contributed by atoms with E-state index in [0.29, 0.717) is 24.2 Å². The summed E-state index contributed by atoms with van der Waals surface area (Å²) in [6, 6.07) is 4.31. The molecule has 0 spiro atoms. The smallest absolute Gasteiger partial charge is 0.227 e. The highest BCUT2D eigenvalue weighted by atomic mass is 16.3. The van der Waals surface area contributed by atoms with Crippen molar-refractivity contribution >= 4 is 16.9 Å². The van der Waals surface area contributed by atoms with Crippen LogP contribution < -0.4 is 5.32 Å². The maximum absolute atomic E-state index is 12.7. The van der Waals surface area contributed by atoms with Crippen LogP contribution in [0.2, 0.25) is 0 Å². The Kier molecular flexibility index (Phi) is 3.87. The maximum atomic E-state index is 12.7. The van der Waals surface area contributed by atoms with Gasteiger partial charge in [0, 0.05) is 37.1 Å². The summed E-state index contributed by atoms with van der Waals surface area (Å²) in [6.07, 6.45) is 2.21. The molecule has 4 heteroatoms. The fraction of sp³-hybridized carbons (Fsp3) is 0.550. The molecular weight excluding hydrogens is 300 g/mol. The quantitative estimate of drug-likeness (QED) is 0.943. The standard InChI is InChI=1S/C20H26N2O2/c1-12(2)17-6-18-14(11-24-19(18)4-13(17)3)5-20(23)22-9-15-7-21-8-16(15)10-22/h4,6,11-12,15-16,21H,5,7-10H2,1-3H3/t15-,16+. The fourth-order valence-corrected chi connectivity index (χ4v) is 4.34. The normalized spacial score (nSPS) is 23.4. The lowest BCUT2D eigenvalue weighted by Gasteiger charge is -2.17. The van der Waals surface area contributed by atoms with Crippen LogP contribution in [0.25, 0.3) is 11.0 Å². The van der Waals surface area contributed by atoms with Crippen LogP contribution in [0.1, 0.15) is 36.5 Å². The van der Waals surface area contributed by atoms with Gasteiger partial charge >= 0.3 is 0 Å². The third-order valence-electron chi connectivity index (χ3n) is 5.75. The van der Waals surface area contributed by atoms with Crippen molar-refractivity contribution < 1.29 is 9.21 Å². The Labute approximate surface area is 143 Å². The van der Waals surface area contributed by atoms with E-state index < -0.39 is 0 Å². The number of carbonyl (C=O) groups is 1. The van der Waals surface area contributed by atoms with Gasteiger partial charge in [-0.3, -0.25) is 4.79 Å². The van der Waals surface area contributed by atoms with E-state index >= 15 is 0 Å². The Bertz CT molecular complexity index is 765. The Morgan fingerprint density at radius 2 is 2.00 bits per heavy atom. The monoisotopic (exact) mass is 326 g/mol. The third-order valence-corrected chi connectivity index (χ3v) is 5.75. The number of likely N-dealkylation sites (tertiary alicyclic amines) is 1. The number of furan rings is 1. The molecule has 24 heavy (non-hydrogen) atoms. The van der Waals surface area contributed by atoms with Crippen LogP contribution in [0, 0.1) is 18.8 Å². The van der Waals surface area contributed by atoms with Crippen molar-refractivity contribution in [3.8, 4) is 0 Å². The van der Waals surface area contributed by atoms with Gasteiger partial charge in [-0.25, -0.2) is 0 Å². The Morgan fingerprint density at radius 1 is 1.29 bits per heavy atom. The molecular formula is C20H26N2O2. The molecule has 1 aromatic heterocycles. The molecule has 3 heterocycles. The predicted molar refractivity (Wildman–Crippen MR) is 95.2 cm³/mol. The molecule has 2 aliphatic rings. The molecule has 0 bridgehead atoms. The zero-order valence-electron chi connectivity index (χ0n) is 14.8. The van der Waals surface area contributed by atoms with Crippen LogP contribution in [-0.2, 0) is 11.2 Å². The minimum Gasteiger partial charge on any atom is -0.464 e. The molecule has 1 amide bonds. The summed E-state index contributed by atoms with van der Waals surface area (Å²) in [7, 11) is 0. The van der Waals surface area contributed by atoms with E-state index in [-0.39, 0.29) is 5.91 Å². The van der Waals surface area contributed by atoms with Crippen molar-refractivity contribution in [1.29, 1.82) is 0 Å². The lowest BCUT2D eigenvalue weighted by molar-refractivity contribution is -0.129. The number of carbonyl (C=O) groups excluding carboxylic acids is 1. The average molecular weight is 326 g/mol. The highest BCUT2D eigenvalue weighted by molar-refractivity contribution is 5.88. The molecule has 4 rings (SSSR count). The van der Waals surface area contributed by atoms with E-state index in [1.807, 2.05) is 4.90 Å². The maximum Gasteiger partial charge on any atom is 0.227 e. The highest BCUT2D eigenvalue weighted by Gasteiger charge is 2.38. The van der Waals surface area contributed by atoms with Gasteiger partial charge in [-0.15, -0.1) is 0 Å². The van der Waals surface area contributed by atoms with Crippen LogP contribution in [0.4, 0.5) is 0 Å². The third kappa shape index (κ3) is 2.63. The first kappa shape index (κ1) is 15.7. The molecule has 1 N–H and O–H groups in total. The number of amides is 1. The van der Waals surface area contributed by atoms with Gasteiger partial charge in [0.15, 0.2) is 0 Å². The van der Waals surface area contributed by atoms with Crippen LogP contribution in [0.5, 0.6) is 0 Å². The lowest BCUT2D eigenvalue weighted by Crippen LogP contribution is -2.32. The van der Waals surface area contributed by atoms with E-state index in [0.717, 1.165) is 42.7 Å². The van der Waals surface area contributed by atoms with Gasteiger partial charge in [0.25, 0.3) is 0 Å². The summed E-state index contributed by atoms with van der Waals surface area (Å²) >= 11 is 0.